The Bertz CT molecular complexity index is 505. The van der Waals surface area contributed by atoms with Crippen LogP contribution in [-0.2, 0) is 17.0 Å². The number of carboxylic acid groups (broad SMARTS) is 1. The fourth-order valence-corrected chi connectivity index (χ4v) is 5.72. The number of fused-ring (bicyclic) bond motifs is 1. The molecule has 1 amide bonds. The van der Waals surface area contributed by atoms with Crippen molar-refractivity contribution in [3.8, 4) is 0 Å². The van der Waals surface area contributed by atoms with Crippen molar-refractivity contribution in [2.45, 2.75) is 18.2 Å². The van der Waals surface area contributed by atoms with Gasteiger partial charge in [-0.15, -0.1) is 23.1 Å². The summed E-state index contributed by atoms with van der Waals surface area (Å²) in [6.07, 6.45) is 1.02. The van der Waals surface area contributed by atoms with Crippen molar-refractivity contribution in [1.29, 1.82) is 0 Å². The molecular weight excluding hydrogens is 302 g/mol. The third kappa shape index (κ3) is 2.51. The molecule has 0 spiro atoms. The number of aryl methyl sites for hydroxylation is 1. The summed E-state index contributed by atoms with van der Waals surface area (Å²) in [6, 6.07) is 1.28. The summed E-state index contributed by atoms with van der Waals surface area (Å²) in [5, 5.41) is 9.13. The van der Waals surface area contributed by atoms with E-state index in [0.717, 1.165) is 17.9 Å². The van der Waals surface area contributed by atoms with E-state index in [-0.39, 0.29) is 5.91 Å². The highest BCUT2D eigenvalue weighted by molar-refractivity contribution is 7.99. The number of carbonyl (C=O) groups excluding carboxylic acids is 1. The van der Waals surface area contributed by atoms with Crippen LogP contribution in [0.2, 0.25) is 0 Å². The molecule has 1 saturated heterocycles. The van der Waals surface area contributed by atoms with Crippen LogP contribution in [0.5, 0.6) is 0 Å². The third-order valence-electron chi connectivity index (χ3n) is 3.27. The zero-order chi connectivity index (χ0) is 13.4. The van der Waals surface area contributed by atoms with E-state index in [1.807, 2.05) is 17.8 Å². The van der Waals surface area contributed by atoms with Gasteiger partial charge >= 0.3 is 5.97 Å². The predicted molar refractivity (Wildman–Crippen MR) is 79.1 cm³/mol. The van der Waals surface area contributed by atoms with E-state index in [2.05, 4.69) is 0 Å². The van der Waals surface area contributed by atoms with E-state index in [1.165, 1.54) is 38.4 Å². The molecule has 1 fully saturated rings. The normalized spacial score (nSPS) is 22.3. The molecule has 2 aliphatic rings. The predicted octanol–water partition coefficient (Wildman–Crippen LogP) is 2.14. The Morgan fingerprint density at radius 3 is 2.95 bits per heavy atom. The Balaban J connectivity index is 1.83. The molecule has 1 N–H and O–H groups in total. The van der Waals surface area contributed by atoms with Gasteiger partial charge in [-0.2, -0.15) is 11.8 Å². The van der Waals surface area contributed by atoms with E-state index in [4.69, 9.17) is 5.11 Å². The molecule has 1 aromatic rings. The van der Waals surface area contributed by atoms with Gasteiger partial charge in [0.05, 0.1) is 10.8 Å². The minimum Gasteiger partial charge on any atom is -0.480 e. The van der Waals surface area contributed by atoms with Crippen LogP contribution in [0.1, 0.15) is 20.1 Å². The molecular formula is C12H13NO3S3. The second-order valence-electron chi connectivity index (χ2n) is 4.49. The summed E-state index contributed by atoms with van der Waals surface area (Å²) in [4.78, 5) is 27.0. The first-order valence-corrected chi connectivity index (χ1v) is 9.10. The third-order valence-corrected chi connectivity index (χ3v) is 6.51. The number of thioether (sulfide) groups is 2. The smallest absolute Gasteiger partial charge is 0.327 e. The van der Waals surface area contributed by atoms with Gasteiger partial charge < -0.3 is 10.0 Å². The molecule has 0 bridgehead atoms. The molecule has 2 aliphatic heterocycles. The maximum absolute atomic E-state index is 12.4. The van der Waals surface area contributed by atoms with Gasteiger partial charge in [0.1, 0.15) is 6.04 Å². The number of hydrogen-bond acceptors (Lipinski definition) is 5. The van der Waals surface area contributed by atoms with Crippen LogP contribution in [0.15, 0.2) is 6.07 Å². The summed E-state index contributed by atoms with van der Waals surface area (Å²) >= 11 is 4.92. The Hall–Kier alpha value is -0.660. The first-order valence-electron chi connectivity index (χ1n) is 5.97. The fraction of sp³-hybridized carbons (Fsp3) is 0.500. The van der Waals surface area contributed by atoms with E-state index in [0.29, 0.717) is 16.5 Å². The van der Waals surface area contributed by atoms with Crippen LogP contribution in [0.25, 0.3) is 0 Å². The van der Waals surface area contributed by atoms with Crippen molar-refractivity contribution in [2.75, 3.05) is 17.4 Å². The monoisotopic (exact) mass is 315 g/mol. The molecule has 0 unspecified atom stereocenters. The summed E-state index contributed by atoms with van der Waals surface area (Å²) < 4.78 is 0. The highest BCUT2D eigenvalue weighted by atomic mass is 32.2. The molecule has 3 rings (SSSR count). The standard InChI is InChI=1S/C12H13NO3S3/c14-11(13-6-18-5-8(13)12(15)16)10-3-7-4-17-2-1-9(7)19-10/h3,8H,1-2,4-6H2,(H,15,16)/t8-/m0/s1. The zero-order valence-electron chi connectivity index (χ0n) is 10.1. The first kappa shape index (κ1) is 13.3. The number of amides is 1. The summed E-state index contributed by atoms with van der Waals surface area (Å²) in [5.41, 5.74) is 1.25. The van der Waals surface area contributed by atoms with Crippen LogP contribution in [0.4, 0.5) is 0 Å². The molecule has 4 nitrogen and oxygen atoms in total. The number of hydrogen-bond donors (Lipinski definition) is 1. The SMILES string of the molecule is O=C(O)[C@@H]1CSCN1C(=O)c1cc2c(s1)CCSC2. The second kappa shape index (κ2) is 5.38. The van der Waals surface area contributed by atoms with Crippen LogP contribution in [-0.4, -0.2) is 45.3 Å². The number of nitrogens with zero attached hydrogens (tertiary/aromatic N) is 1. The lowest BCUT2D eigenvalue weighted by Gasteiger charge is -2.19. The lowest BCUT2D eigenvalue weighted by molar-refractivity contribution is -0.140. The molecule has 0 saturated carbocycles. The van der Waals surface area contributed by atoms with E-state index < -0.39 is 12.0 Å². The highest BCUT2D eigenvalue weighted by Crippen LogP contribution is 2.33. The van der Waals surface area contributed by atoms with Crippen molar-refractivity contribution in [2.24, 2.45) is 0 Å². The van der Waals surface area contributed by atoms with E-state index in [1.54, 1.807) is 0 Å². The van der Waals surface area contributed by atoms with Gasteiger partial charge in [0, 0.05) is 16.4 Å². The topological polar surface area (TPSA) is 57.6 Å². The maximum atomic E-state index is 12.4. The Morgan fingerprint density at radius 1 is 1.37 bits per heavy atom. The summed E-state index contributed by atoms with van der Waals surface area (Å²) in [6.45, 7) is 0. The van der Waals surface area contributed by atoms with Crippen LogP contribution in [0, 0.1) is 0 Å². The fourth-order valence-electron chi connectivity index (χ4n) is 2.24. The van der Waals surface area contributed by atoms with Crippen molar-refractivity contribution in [1.82, 2.24) is 4.90 Å². The largest absolute Gasteiger partial charge is 0.480 e. The average molecular weight is 315 g/mol. The summed E-state index contributed by atoms with van der Waals surface area (Å²) in [7, 11) is 0. The molecule has 19 heavy (non-hydrogen) atoms. The minimum absolute atomic E-state index is 0.123. The Morgan fingerprint density at radius 2 is 2.21 bits per heavy atom. The lowest BCUT2D eigenvalue weighted by atomic mass is 10.2. The molecule has 0 aromatic carbocycles. The van der Waals surface area contributed by atoms with Gasteiger partial charge in [-0.3, -0.25) is 4.79 Å². The number of rotatable bonds is 2. The molecule has 0 radical (unpaired) electrons. The molecule has 1 aromatic heterocycles. The number of thiophene rings is 1. The molecule has 0 aliphatic carbocycles. The van der Waals surface area contributed by atoms with Gasteiger partial charge in [-0.1, -0.05) is 0 Å². The Labute approximate surface area is 123 Å². The van der Waals surface area contributed by atoms with Gasteiger partial charge in [0.15, 0.2) is 0 Å². The molecule has 1 atom stereocenters. The Kier molecular flexibility index (Phi) is 3.77. The lowest BCUT2D eigenvalue weighted by Crippen LogP contribution is -2.41. The highest BCUT2D eigenvalue weighted by Gasteiger charge is 2.35. The van der Waals surface area contributed by atoms with E-state index in [9.17, 15) is 9.59 Å². The zero-order valence-corrected chi connectivity index (χ0v) is 12.6. The average Bonchev–Trinajstić information content (AvgIpc) is 3.04. The van der Waals surface area contributed by atoms with Crippen LogP contribution < -0.4 is 0 Å². The van der Waals surface area contributed by atoms with Crippen molar-refractivity contribution >= 4 is 46.7 Å². The molecule has 102 valence electrons. The summed E-state index contributed by atoms with van der Waals surface area (Å²) in [5.74, 6) is 2.01. The van der Waals surface area contributed by atoms with Crippen molar-refractivity contribution in [3.05, 3.63) is 21.4 Å². The second-order valence-corrected chi connectivity index (χ2v) is 7.73. The van der Waals surface area contributed by atoms with E-state index >= 15 is 0 Å². The van der Waals surface area contributed by atoms with Crippen molar-refractivity contribution < 1.29 is 14.7 Å². The van der Waals surface area contributed by atoms with Gasteiger partial charge in [-0.25, -0.2) is 4.79 Å². The molecule has 7 heteroatoms. The van der Waals surface area contributed by atoms with Gasteiger partial charge in [-0.05, 0) is 23.8 Å². The minimum atomic E-state index is -0.907. The quantitative estimate of drug-likeness (QED) is 0.906. The van der Waals surface area contributed by atoms with Crippen LogP contribution in [0.3, 0.4) is 0 Å². The number of aliphatic carboxylic acids is 1. The first-order chi connectivity index (χ1) is 9.16. The molecule has 3 heterocycles. The van der Waals surface area contributed by atoms with Crippen LogP contribution >= 0.6 is 34.9 Å². The number of carbonyl (C=O) groups is 2. The maximum Gasteiger partial charge on any atom is 0.327 e. The number of carboxylic acids is 1. The van der Waals surface area contributed by atoms with Gasteiger partial charge in [0.2, 0.25) is 0 Å². The van der Waals surface area contributed by atoms with Crippen molar-refractivity contribution in [3.63, 3.8) is 0 Å². The van der Waals surface area contributed by atoms with Gasteiger partial charge in [0.25, 0.3) is 5.91 Å².